The van der Waals surface area contributed by atoms with Crippen LogP contribution in [0.25, 0.3) is 0 Å². The van der Waals surface area contributed by atoms with Crippen LogP contribution in [-0.4, -0.2) is 48.2 Å². The van der Waals surface area contributed by atoms with Gasteiger partial charge in [0.1, 0.15) is 0 Å². The van der Waals surface area contributed by atoms with Gasteiger partial charge in [-0.25, -0.2) is 8.42 Å². The van der Waals surface area contributed by atoms with E-state index in [1.165, 1.54) is 24.3 Å². The third-order valence-electron chi connectivity index (χ3n) is 3.94. The molecule has 1 amide bonds. The molecule has 1 aromatic carbocycles. The molecule has 0 spiro atoms. The molecule has 0 aromatic heterocycles. The first-order chi connectivity index (χ1) is 10.3. The molecule has 1 aliphatic rings. The number of hydrogen-bond donors (Lipinski definition) is 0. The lowest BCUT2D eigenvalue weighted by molar-refractivity contribution is -0.384. The number of nitrogens with zero attached hydrogens (tertiary/aromatic N) is 2. The summed E-state index contributed by atoms with van der Waals surface area (Å²) in [6.45, 7) is 2.33. The van der Waals surface area contributed by atoms with Crippen LogP contribution in [0.4, 0.5) is 5.69 Å². The predicted octanol–water partition coefficient (Wildman–Crippen LogP) is 1.63. The van der Waals surface area contributed by atoms with Gasteiger partial charge in [0.15, 0.2) is 9.84 Å². The highest BCUT2D eigenvalue weighted by Crippen LogP contribution is 2.21. The number of benzene rings is 1. The van der Waals surface area contributed by atoms with Gasteiger partial charge in [-0.05, 0) is 18.9 Å². The Balaban J connectivity index is 2.07. The second kappa shape index (κ2) is 6.43. The third-order valence-corrected chi connectivity index (χ3v) is 6.24. The first kappa shape index (κ1) is 16.4. The van der Waals surface area contributed by atoms with Crippen molar-refractivity contribution < 1.29 is 18.1 Å². The molecule has 0 unspecified atom stereocenters. The highest BCUT2D eigenvalue weighted by molar-refractivity contribution is 7.92. The highest BCUT2D eigenvalue weighted by atomic mass is 32.2. The largest absolute Gasteiger partial charge is 0.339 e. The number of amides is 1. The molecule has 0 radical (unpaired) electrons. The zero-order chi connectivity index (χ0) is 16.3. The van der Waals surface area contributed by atoms with E-state index >= 15 is 0 Å². The Morgan fingerprint density at radius 3 is 2.55 bits per heavy atom. The molecule has 1 heterocycles. The molecule has 0 atom stereocenters. The number of nitro groups is 1. The first-order valence-corrected chi connectivity index (χ1v) is 8.82. The smallest absolute Gasteiger partial charge is 0.270 e. The average molecular weight is 326 g/mol. The standard InChI is InChI=1S/C14H18N2O5S/c1-2-22(20,21)13-6-8-15(9-7-13)14(17)11-4-3-5-12(10-11)16(18)19/h3-5,10,13H,2,6-9H2,1H3. The molecular weight excluding hydrogens is 308 g/mol. The fourth-order valence-electron chi connectivity index (χ4n) is 2.59. The number of likely N-dealkylation sites (tertiary alicyclic amines) is 1. The maximum atomic E-state index is 12.4. The van der Waals surface area contributed by atoms with Crippen molar-refractivity contribution in [2.75, 3.05) is 18.8 Å². The number of nitro benzene ring substituents is 1. The SMILES string of the molecule is CCS(=O)(=O)C1CCN(C(=O)c2cccc([N+](=O)[O-])c2)CC1. The highest BCUT2D eigenvalue weighted by Gasteiger charge is 2.30. The van der Waals surface area contributed by atoms with E-state index in [4.69, 9.17) is 0 Å². The third kappa shape index (κ3) is 3.44. The van der Waals surface area contributed by atoms with E-state index in [-0.39, 0.29) is 22.9 Å². The topological polar surface area (TPSA) is 97.6 Å². The Kier molecular flexibility index (Phi) is 4.80. The number of hydrogen-bond acceptors (Lipinski definition) is 5. The predicted molar refractivity (Wildman–Crippen MR) is 81.5 cm³/mol. The quantitative estimate of drug-likeness (QED) is 0.619. The van der Waals surface area contributed by atoms with Crippen molar-refractivity contribution in [2.45, 2.75) is 25.0 Å². The van der Waals surface area contributed by atoms with Gasteiger partial charge in [-0.3, -0.25) is 14.9 Å². The Morgan fingerprint density at radius 1 is 1.36 bits per heavy atom. The fraction of sp³-hybridized carbons (Fsp3) is 0.500. The van der Waals surface area contributed by atoms with Crippen LogP contribution in [0, 0.1) is 10.1 Å². The molecule has 0 saturated carbocycles. The van der Waals surface area contributed by atoms with Crippen LogP contribution in [0.2, 0.25) is 0 Å². The summed E-state index contributed by atoms with van der Waals surface area (Å²) in [5.41, 5.74) is 0.125. The summed E-state index contributed by atoms with van der Waals surface area (Å²) in [7, 11) is -3.08. The first-order valence-electron chi connectivity index (χ1n) is 7.10. The number of piperidine rings is 1. The van der Waals surface area contributed by atoms with Crippen molar-refractivity contribution in [2.24, 2.45) is 0 Å². The minimum atomic E-state index is -3.08. The molecule has 8 heteroatoms. The molecule has 1 saturated heterocycles. The van der Waals surface area contributed by atoms with Crippen LogP contribution < -0.4 is 0 Å². The maximum Gasteiger partial charge on any atom is 0.270 e. The van der Waals surface area contributed by atoms with Crippen LogP contribution in [-0.2, 0) is 9.84 Å². The van der Waals surface area contributed by atoms with Gasteiger partial charge in [-0.15, -0.1) is 0 Å². The molecular formula is C14H18N2O5S. The lowest BCUT2D eigenvalue weighted by Gasteiger charge is -2.31. The van der Waals surface area contributed by atoms with E-state index in [1.54, 1.807) is 11.8 Å². The Labute approximate surface area is 129 Å². The van der Waals surface area contributed by atoms with Crippen molar-refractivity contribution in [3.8, 4) is 0 Å². The van der Waals surface area contributed by atoms with Gasteiger partial charge >= 0.3 is 0 Å². The van der Waals surface area contributed by atoms with Crippen LogP contribution in [0.5, 0.6) is 0 Å². The van der Waals surface area contributed by atoms with Gasteiger partial charge in [0.25, 0.3) is 11.6 Å². The second-order valence-electron chi connectivity index (χ2n) is 5.25. The molecule has 2 rings (SSSR count). The summed E-state index contributed by atoms with van der Waals surface area (Å²) in [5, 5.41) is 10.4. The number of carbonyl (C=O) groups excluding carboxylic acids is 1. The average Bonchev–Trinajstić information content (AvgIpc) is 2.54. The van der Waals surface area contributed by atoms with Gasteiger partial charge in [-0.1, -0.05) is 13.0 Å². The van der Waals surface area contributed by atoms with Crippen molar-refractivity contribution >= 4 is 21.4 Å². The van der Waals surface area contributed by atoms with Crippen LogP contribution in [0.1, 0.15) is 30.1 Å². The van der Waals surface area contributed by atoms with Crippen molar-refractivity contribution in [1.82, 2.24) is 4.90 Å². The number of carbonyl (C=O) groups is 1. The zero-order valence-corrected chi connectivity index (χ0v) is 13.1. The van der Waals surface area contributed by atoms with E-state index in [9.17, 15) is 23.3 Å². The van der Waals surface area contributed by atoms with Gasteiger partial charge in [0.2, 0.25) is 0 Å². The summed E-state index contributed by atoms with van der Waals surface area (Å²) in [6.07, 6.45) is 0.827. The van der Waals surface area contributed by atoms with Gasteiger partial charge in [0, 0.05) is 36.5 Å². The van der Waals surface area contributed by atoms with E-state index in [1.807, 2.05) is 0 Å². The zero-order valence-electron chi connectivity index (χ0n) is 12.3. The molecule has 1 aromatic rings. The normalized spacial score (nSPS) is 16.5. The lowest BCUT2D eigenvalue weighted by Crippen LogP contribution is -2.42. The second-order valence-corrected chi connectivity index (χ2v) is 7.82. The summed E-state index contributed by atoms with van der Waals surface area (Å²) in [5.74, 6) is -0.188. The van der Waals surface area contributed by atoms with E-state index < -0.39 is 20.0 Å². The minimum absolute atomic E-state index is 0.108. The molecule has 120 valence electrons. The minimum Gasteiger partial charge on any atom is -0.339 e. The van der Waals surface area contributed by atoms with Crippen molar-refractivity contribution in [3.63, 3.8) is 0 Å². The number of sulfone groups is 1. The van der Waals surface area contributed by atoms with Crippen LogP contribution in [0.3, 0.4) is 0 Å². The van der Waals surface area contributed by atoms with E-state index in [2.05, 4.69) is 0 Å². The Morgan fingerprint density at radius 2 is 2.00 bits per heavy atom. The van der Waals surface area contributed by atoms with Crippen LogP contribution >= 0.6 is 0 Å². The fourth-order valence-corrected chi connectivity index (χ4v) is 3.99. The van der Waals surface area contributed by atoms with Crippen molar-refractivity contribution in [3.05, 3.63) is 39.9 Å². The maximum absolute atomic E-state index is 12.4. The van der Waals surface area contributed by atoms with Gasteiger partial charge in [0.05, 0.1) is 10.2 Å². The Hall–Kier alpha value is -1.96. The van der Waals surface area contributed by atoms with E-state index in [0.717, 1.165) is 0 Å². The monoisotopic (exact) mass is 326 g/mol. The summed E-state index contributed by atoms with van der Waals surface area (Å²) < 4.78 is 23.7. The molecule has 1 fully saturated rings. The lowest BCUT2D eigenvalue weighted by atomic mass is 10.1. The molecule has 0 aliphatic carbocycles. The summed E-state index contributed by atoms with van der Waals surface area (Å²) in [6, 6.07) is 5.58. The number of rotatable bonds is 4. The van der Waals surface area contributed by atoms with Gasteiger partial charge < -0.3 is 4.90 Å². The van der Waals surface area contributed by atoms with Gasteiger partial charge in [-0.2, -0.15) is 0 Å². The van der Waals surface area contributed by atoms with E-state index in [0.29, 0.717) is 25.9 Å². The molecule has 0 bridgehead atoms. The molecule has 22 heavy (non-hydrogen) atoms. The Bertz CT molecular complexity index is 678. The summed E-state index contributed by atoms with van der Waals surface area (Å²) in [4.78, 5) is 24.1. The summed E-state index contributed by atoms with van der Waals surface area (Å²) >= 11 is 0. The van der Waals surface area contributed by atoms with Crippen molar-refractivity contribution in [1.29, 1.82) is 0 Å². The molecule has 0 N–H and O–H groups in total. The number of non-ortho nitro benzene ring substituents is 1. The molecule has 7 nitrogen and oxygen atoms in total. The molecule has 1 aliphatic heterocycles. The van der Waals surface area contributed by atoms with Crippen LogP contribution in [0.15, 0.2) is 24.3 Å².